The van der Waals surface area contributed by atoms with E-state index >= 15 is 0 Å². The summed E-state index contributed by atoms with van der Waals surface area (Å²) in [5.41, 5.74) is 1.20. The summed E-state index contributed by atoms with van der Waals surface area (Å²) in [6, 6.07) is 11.6. The van der Waals surface area contributed by atoms with Crippen molar-refractivity contribution in [2.45, 2.75) is 0 Å². The maximum atomic E-state index is 11.4. The molecule has 0 saturated carbocycles. The molecule has 0 aromatic heterocycles. The normalized spacial score (nSPS) is 11.4. The van der Waals surface area contributed by atoms with Crippen LogP contribution in [0.1, 0.15) is 11.1 Å². The predicted molar refractivity (Wildman–Crippen MR) is 83.4 cm³/mol. The van der Waals surface area contributed by atoms with E-state index in [1.165, 1.54) is 6.08 Å². The molecule has 0 amide bonds. The number of aliphatic carboxylic acids is 1. The molecule has 2 nitrogen and oxygen atoms in total. The third kappa shape index (κ3) is 3.34. The second-order valence-electron chi connectivity index (χ2n) is 4.01. The van der Waals surface area contributed by atoms with Crippen LogP contribution < -0.4 is 0 Å². The molecule has 0 aliphatic rings. The molecule has 102 valence electrons. The number of carboxylic acid groups (broad SMARTS) is 1. The van der Waals surface area contributed by atoms with Crippen LogP contribution in [0.2, 0.25) is 15.1 Å². The van der Waals surface area contributed by atoms with Crippen molar-refractivity contribution in [3.8, 4) is 0 Å². The Labute approximate surface area is 131 Å². The van der Waals surface area contributed by atoms with Crippen molar-refractivity contribution in [1.82, 2.24) is 0 Å². The lowest BCUT2D eigenvalue weighted by molar-refractivity contribution is -0.130. The highest BCUT2D eigenvalue weighted by atomic mass is 35.5. The Morgan fingerprint density at radius 1 is 1.00 bits per heavy atom. The van der Waals surface area contributed by atoms with Crippen molar-refractivity contribution in [1.29, 1.82) is 0 Å². The Hall–Kier alpha value is -1.48. The summed E-state index contributed by atoms with van der Waals surface area (Å²) < 4.78 is 0. The Kier molecular flexibility index (Phi) is 4.71. The van der Waals surface area contributed by atoms with Gasteiger partial charge in [0.25, 0.3) is 0 Å². The van der Waals surface area contributed by atoms with Crippen LogP contribution in [0.15, 0.2) is 42.5 Å². The summed E-state index contributed by atoms with van der Waals surface area (Å²) in [7, 11) is 0. The lowest BCUT2D eigenvalue weighted by Gasteiger charge is -2.05. The van der Waals surface area contributed by atoms with Gasteiger partial charge in [0.2, 0.25) is 0 Å². The highest BCUT2D eigenvalue weighted by Crippen LogP contribution is 2.29. The molecule has 2 aromatic rings. The zero-order chi connectivity index (χ0) is 14.7. The van der Waals surface area contributed by atoms with E-state index in [0.29, 0.717) is 26.2 Å². The third-order valence-electron chi connectivity index (χ3n) is 2.67. The van der Waals surface area contributed by atoms with Gasteiger partial charge in [0.15, 0.2) is 0 Å². The van der Waals surface area contributed by atoms with Gasteiger partial charge in [-0.25, -0.2) is 4.79 Å². The first-order valence-electron chi connectivity index (χ1n) is 5.64. The minimum Gasteiger partial charge on any atom is -0.478 e. The van der Waals surface area contributed by atoms with Gasteiger partial charge in [-0.05, 0) is 35.4 Å². The van der Waals surface area contributed by atoms with Gasteiger partial charge in [-0.2, -0.15) is 0 Å². The lowest BCUT2D eigenvalue weighted by Crippen LogP contribution is -1.99. The van der Waals surface area contributed by atoms with Crippen molar-refractivity contribution in [2.24, 2.45) is 0 Å². The Morgan fingerprint density at radius 3 is 2.25 bits per heavy atom. The van der Waals surface area contributed by atoms with E-state index in [-0.39, 0.29) is 5.57 Å². The number of benzene rings is 2. The first-order chi connectivity index (χ1) is 9.49. The molecule has 0 spiro atoms. The smallest absolute Gasteiger partial charge is 0.336 e. The molecule has 0 aliphatic carbocycles. The second kappa shape index (κ2) is 6.31. The van der Waals surface area contributed by atoms with Crippen LogP contribution in [0, 0.1) is 0 Å². The minimum atomic E-state index is -1.05. The Balaban J connectivity index is 2.53. The van der Waals surface area contributed by atoms with Gasteiger partial charge in [0.05, 0.1) is 15.6 Å². The van der Waals surface area contributed by atoms with Gasteiger partial charge >= 0.3 is 5.97 Å². The van der Waals surface area contributed by atoms with Crippen LogP contribution in [-0.2, 0) is 4.79 Å². The zero-order valence-electron chi connectivity index (χ0n) is 10.1. The molecule has 0 radical (unpaired) electrons. The monoisotopic (exact) mass is 326 g/mol. The average Bonchev–Trinajstić information content (AvgIpc) is 2.41. The van der Waals surface area contributed by atoms with Crippen LogP contribution in [0.25, 0.3) is 11.6 Å². The molecular formula is C15H9Cl3O2. The standard InChI is InChI=1S/C15H9Cl3O2/c16-11-6-4-9(5-7-11)12(15(19)20)8-10-2-1-3-13(17)14(10)18/h1-8H,(H,19,20)/b12-8-. The molecule has 0 heterocycles. The average molecular weight is 328 g/mol. The van der Waals surface area contributed by atoms with Gasteiger partial charge < -0.3 is 5.11 Å². The van der Waals surface area contributed by atoms with Crippen LogP contribution >= 0.6 is 34.8 Å². The molecule has 1 N–H and O–H groups in total. The van der Waals surface area contributed by atoms with Gasteiger partial charge in [-0.1, -0.05) is 59.1 Å². The molecule has 0 unspecified atom stereocenters. The predicted octanol–water partition coefficient (Wildman–Crippen LogP) is 5.27. The summed E-state index contributed by atoms with van der Waals surface area (Å²) in [6.07, 6.45) is 1.49. The quantitative estimate of drug-likeness (QED) is 0.616. The van der Waals surface area contributed by atoms with Gasteiger partial charge in [0.1, 0.15) is 0 Å². The van der Waals surface area contributed by atoms with E-state index in [0.717, 1.165) is 0 Å². The number of carboxylic acids is 1. The molecule has 0 bridgehead atoms. The SMILES string of the molecule is O=C(O)/C(=C\c1cccc(Cl)c1Cl)c1ccc(Cl)cc1. The number of rotatable bonds is 3. The van der Waals surface area contributed by atoms with E-state index in [4.69, 9.17) is 34.8 Å². The van der Waals surface area contributed by atoms with E-state index < -0.39 is 5.97 Å². The molecule has 20 heavy (non-hydrogen) atoms. The third-order valence-corrected chi connectivity index (χ3v) is 3.75. The van der Waals surface area contributed by atoms with Crippen LogP contribution in [0.5, 0.6) is 0 Å². The molecule has 5 heteroatoms. The van der Waals surface area contributed by atoms with Crippen molar-refractivity contribution in [3.63, 3.8) is 0 Å². The molecule has 0 saturated heterocycles. The van der Waals surface area contributed by atoms with Gasteiger partial charge in [-0.15, -0.1) is 0 Å². The van der Waals surface area contributed by atoms with Gasteiger partial charge in [-0.3, -0.25) is 0 Å². The molecule has 2 aromatic carbocycles. The fraction of sp³-hybridized carbons (Fsp3) is 0. The largest absolute Gasteiger partial charge is 0.478 e. The molecule has 0 fully saturated rings. The lowest BCUT2D eigenvalue weighted by atomic mass is 10.0. The topological polar surface area (TPSA) is 37.3 Å². The van der Waals surface area contributed by atoms with E-state index in [9.17, 15) is 9.90 Å². The highest BCUT2D eigenvalue weighted by molar-refractivity contribution is 6.43. The summed E-state index contributed by atoms with van der Waals surface area (Å²) in [5, 5.41) is 10.6. The number of carbonyl (C=O) groups is 1. The summed E-state index contributed by atoms with van der Waals surface area (Å²) in [6.45, 7) is 0. The fourth-order valence-electron chi connectivity index (χ4n) is 1.69. The summed E-state index contributed by atoms with van der Waals surface area (Å²) >= 11 is 17.8. The summed E-state index contributed by atoms with van der Waals surface area (Å²) in [4.78, 5) is 11.4. The number of hydrogen-bond donors (Lipinski definition) is 1. The second-order valence-corrected chi connectivity index (χ2v) is 5.23. The van der Waals surface area contributed by atoms with Crippen LogP contribution in [0.3, 0.4) is 0 Å². The molecular weight excluding hydrogens is 319 g/mol. The van der Waals surface area contributed by atoms with Crippen molar-refractivity contribution >= 4 is 52.4 Å². The first-order valence-corrected chi connectivity index (χ1v) is 6.77. The van der Waals surface area contributed by atoms with Crippen LogP contribution in [-0.4, -0.2) is 11.1 Å². The van der Waals surface area contributed by atoms with Gasteiger partial charge in [0, 0.05) is 5.02 Å². The first kappa shape index (κ1) is 14.9. The minimum absolute atomic E-state index is 0.117. The van der Waals surface area contributed by atoms with Crippen molar-refractivity contribution in [2.75, 3.05) is 0 Å². The van der Waals surface area contributed by atoms with E-state index in [1.807, 2.05) is 0 Å². The molecule has 2 rings (SSSR count). The maximum Gasteiger partial charge on any atom is 0.336 e. The van der Waals surface area contributed by atoms with E-state index in [1.54, 1.807) is 42.5 Å². The number of halogens is 3. The van der Waals surface area contributed by atoms with Crippen molar-refractivity contribution in [3.05, 3.63) is 68.7 Å². The Bertz CT molecular complexity index is 676. The Morgan fingerprint density at radius 2 is 1.65 bits per heavy atom. The summed E-state index contributed by atoms with van der Waals surface area (Å²) in [5.74, 6) is -1.05. The fourth-order valence-corrected chi connectivity index (χ4v) is 2.17. The van der Waals surface area contributed by atoms with Crippen LogP contribution in [0.4, 0.5) is 0 Å². The molecule has 0 atom stereocenters. The molecule has 0 aliphatic heterocycles. The maximum absolute atomic E-state index is 11.4. The highest BCUT2D eigenvalue weighted by Gasteiger charge is 2.12. The zero-order valence-corrected chi connectivity index (χ0v) is 12.4. The number of hydrogen-bond acceptors (Lipinski definition) is 1. The van der Waals surface area contributed by atoms with E-state index in [2.05, 4.69) is 0 Å². The van der Waals surface area contributed by atoms with Crippen molar-refractivity contribution < 1.29 is 9.90 Å².